The molecule has 64 valence electrons. The molecule has 0 aromatic heterocycles. The van der Waals surface area contributed by atoms with Crippen molar-refractivity contribution < 1.29 is 0 Å². The lowest BCUT2D eigenvalue weighted by Crippen LogP contribution is -2.32. The molecule has 0 amide bonds. The van der Waals surface area contributed by atoms with E-state index < -0.39 is 0 Å². The van der Waals surface area contributed by atoms with Crippen LogP contribution in [0.2, 0.25) is 0 Å². The standard InChI is InChI=1S/C9H16ClN/c1-2-3-7-11-9-6-4-5-8(9)10/h2-3,8-9,11H,4-7H2,1H3/b3-2+. The molecule has 1 rings (SSSR count). The lowest BCUT2D eigenvalue weighted by molar-refractivity contribution is 0.561. The summed E-state index contributed by atoms with van der Waals surface area (Å²) in [5.41, 5.74) is 0. The second kappa shape index (κ2) is 4.78. The van der Waals surface area contributed by atoms with Crippen LogP contribution in [0.1, 0.15) is 26.2 Å². The second-order valence-corrected chi connectivity index (χ2v) is 3.59. The maximum Gasteiger partial charge on any atom is 0.0489 e. The van der Waals surface area contributed by atoms with E-state index in [0.717, 1.165) is 6.54 Å². The van der Waals surface area contributed by atoms with Crippen LogP contribution in [0.15, 0.2) is 12.2 Å². The molecule has 2 heteroatoms. The summed E-state index contributed by atoms with van der Waals surface area (Å²) in [5.74, 6) is 0. The first-order valence-corrected chi connectivity index (χ1v) is 4.77. The van der Waals surface area contributed by atoms with Crippen LogP contribution in [0, 0.1) is 0 Å². The molecule has 0 aromatic rings. The van der Waals surface area contributed by atoms with Crippen molar-refractivity contribution in [2.24, 2.45) is 0 Å². The van der Waals surface area contributed by atoms with Crippen LogP contribution < -0.4 is 5.32 Å². The van der Waals surface area contributed by atoms with Crippen molar-refractivity contribution in [1.29, 1.82) is 0 Å². The molecule has 1 fully saturated rings. The van der Waals surface area contributed by atoms with Gasteiger partial charge in [0.05, 0.1) is 0 Å². The fraction of sp³-hybridized carbons (Fsp3) is 0.778. The minimum atomic E-state index is 0.361. The first-order chi connectivity index (χ1) is 5.34. The largest absolute Gasteiger partial charge is 0.309 e. The third-order valence-corrected chi connectivity index (χ3v) is 2.69. The zero-order valence-corrected chi connectivity index (χ0v) is 7.77. The Morgan fingerprint density at radius 2 is 2.36 bits per heavy atom. The minimum absolute atomic E-state index is 0.361. The molecule has 0 spiro atoms. The zero-order valence-electron chi connectivity index (χ0n) is 7.02. The van der Waals surface area contributed by atoms with Crippen molar-refractivity contribution in [1.82, 2.24) is 5.32 Å². The van der Waals surface area contributed by atoms with Crippen LogP contribution in [-0.4, -0.2) is 18.0 Å². The van der Waals surface area contributed by atoms with Gasteiger partial charge in [0.1, 0.15) is 0 Å². The Morgan fingerprint density at radius 1 is 1.55 bits per heavy atom. The van der Waals surface area contributed by atoms with Gasteiger partial charge in [-0.25, -0.2) is 0 Å². The van der Waals surface area contributed by atoms with Crippen molar-refractivity contribution in [3.63, 3.8) is 0 Å². The van der Waals surface area contributed by atoms with Gasteiger partial charge in [-0.3, -0.25) is 0 Å². The van der Waals surface area contributed by atoms with Crippen molar-refractivity contribution in [2.75, 3.05) is 6.54 Å². The molecule has 1 aliphatic rings. The predicted octanol–water partition coefficient (Wildman–Crippen LogP) is 2.31. The maximum absolute atomic E-state index is 6.07. The third-order valence-electron chi connectivity index (χ3n) is 2.17. The van der Waals surface area contributed by atoms with Gasteiger partial charge in [0.15, 0.2) is 0 Å². The molecular formula is C9H16ClN. The summed E-state index contributed by atoms with van der Waals surface area (Å²) >= 11 is 6.07. The average molecular weight is 174 g/mol. The number of allylic oxidation sites excluding steroid dienone is 1. The predicted molar refractivity (Wildman–Crippen MR) is 50.1 cm³/mol. The zero-order chi connectivity index (χ0) is 8.10. The van der Waals surface area contributed by atoms with Crippen molar-refractivity contribution in [3.05, 3.63) is 12.2 Å². The molecule has 11 heavy (non-hydrogen) atoms. The Bertz CT molecular complexity index is 134. The molecule has 0 aliphatic heterocycles. The highest BCUT2D eigenvalue weighted by Gasteiger charge is 2.23. The lowest BCUT2D eigenvalue weighted by Gasteiger charge is -2.13. The van der Waals surface area contributed by atoms with Gasteiger partial charge in [-0.05, 0) is 19.8 Å². The van der Waals surface area contributed by atoms with E-state index in [1.165, 1.54) is 19.3 Å². The number of halogens is 1. The van der Waals surface area contributed by atoms with Crippen molar-refractivity contribution in [3.8, 4) is 0 Å². The SMILES string of the molecule is C/C=C/CNC1CCCC1Cl. The molecule has 1 nitrogen and oxygen atoms in total. The summed E-state index contributed by atoms with van der Waals surface area (Å²) in [6.45, 7) is 3.00. The normalized spacial score (nSPS) is 31.8. The van der Waals surface area contributed by atoms with E-state index in [0.29, 0.717) is 11.4 Å². The molecule has 2 unspecified atom stereocenters. The van der Waals surface area contributed by atoms with Gasteiger partial charge in [-0.1, -0.05) is 18.6 Å². The van der Waals surface area contributed by atoms with Crippen LogP contribution in [0.25, 0.3) is 0 Å². The molecule has 2 atom stereocenters. The first-order valence-electron chi connectivity index (χ1n) is 4.33. The van der Waals surface area contributed by atoms with E-state index in [1.807, 2.05) is 6.92 Å². The summed E-state index contributed by atoms with van der Waals surface area (Å²) in [7, 11) is 0. The first kappa shape index (κ1) is 9.08. The molecule has 0 bridgehead atoms. The summed E-state index contributed by atoms with van der Waals surface area (Å²) < 4.78 is 0. The number of hydrogen-bond acceptors (Lipinski definition) is 1. The van der Waals surface area contributed by atoms with Gasteiger partial charge < -0.3 is 5.32 Å². The van der Waals surface area contributed by atoms with Crippen LogP contribution >= 0.6 is 11.6 Å². The lowest BCUT2D eigenvalue weighted by atomic mass is 10.2. The minimum Gasteiger partial charge on any atom is -0.309 e. The number of hydrogen-bond donors (Lipinski definition) is 1. The highest BCUT2D eigenvalue weighted by Crippen LogP contribution is 2.23. The van der Waals surface area contributed by atoms with Crippen molar-refractivity contribution in [2.45, 2.75) is 37.6 Å². The summed E-state index contributed by atoms with van der Waals surface area (Å²) in [6, 6.07) is 0.549. The fourth-order valence-electron chi connectivity index (χ4n) is 1.48. The second-order valence-electron chi connectivity index (χ2n) is 3.03. The quantitative estimate of drug-likeness (QED) is 0.510. The van der Waals surface area contributed by atoms with E-state index in [9.17, 15) is 0 Å². The van der Waals surface area contributed by atoms with Gasteiger partial charge >= 0.3 is 0 Å². The van der Waals surface area contributed by atoms with Crippen LogP contribution in [0.3, 0.4) is 0 Å². The van der Waals surface area contributed by atoms with E-state index in [1.54, 1.807) is 0 Å². The Balaban J connectivity index is 2.15. The molecule has 1 N–H and O–H groups in total. The number of rotatable bonds is 3. The summed E-state index contributed by atoms with van der Waals surface area (Å²) in [6.07, 6.45) is 7.88. The number of nitrogens with one attached hydrogen (secondary N) is 1. The Kier molecular flexibility index (Phi) is 3.95. The maximum atomic E-state index is 6.07. The van der Waals surface area contributed by atoms with Crippen LogP contribution in [-0.2, 0) is 0 Å². The number of alkyl halides is 1. The molecular weight excluding hydrogens is 158 g/mol. The molecule has 1 saturated carbocycles. The third kappa shape index (κ3) is 2.84. The van der Waals surface area contributed by atoms with Gasteiger partial charge in [0.25, 0.3) is 0 Å². The molecule has 1 aliphatic carbocycles. The van der Waals surface area contributed by atoms with Crippen LogP contribution in [0.4, 0.5) is 0 Å². The smallest absolute Gasteiger partial charge is 0.0489 e. The van der Waals surface area contributed by atoms with Crippen molar-refractivity contribution >= 4 is 11.6 Å². The Labute approximate surface area is 73.8 Å². The fourth-order valence-corrected chi connectivity index (χ4v) is 1.85. The monoisotopic (exact) mass is 173 g/mol. The van der Waals surface area contributed by atoms with Gasteiger partial charge in [0, 0.05) is 18.0 Å². The summed E-state index contributed by atoms with van der Waals surface area (Å²) in [5, 5.41) is 3.77. The Morgan fingerprint density at radius 3 is 2.91 bits per heavy atom. The van der Waals surface area contributed by atoms with E-state index in [-0.39, 0.29) is 0 Å². The summed E-state index contributed by atoms with van der Waals surface area (Å²) in [4.78, 5) is 0. The highest BCUT2D eigenvalue weighted by molar-refractivity contribution is 6.21. The topological polar surface area (TPSA) is 12.0 Å². The van der Waals surface area contributed by atoms with Gasteiger partial charge in [0.2, 0.25) is 0 Å². The van der Waals surface area contributed by atoms with E-state index in [2.05, 4.69) is 17.5 Å². The highest BCUT2D eigenvalue weighted by atomic mass is 35.5. The van der Waals surface area contributed by atoms with E-state index >= 15 is 0 Å². The Hall–Kier alpha value is -0.0100. The van der Waals surface area contributed by atoms with Crippen LogP contribution in [0.5, 0.6) is 0 Å². The molecule has 0 radical (unpaired) electrons. The average Bonchev–Trinajstić information content (AvgIpc) is 2.37. The van der Waals surface area contributed by atoms with E-state index in [4.69, 9.17) is 11.6 Å². The molecule has 0 heterocycles. The van der Waals surface area contributed by atoms with Gasteiger partial charge in [-0.2, -0.15) is 0 Å². The molecule has 0 saturated heterocycles. The van der Waals surface area contributed by atoms with Gasteiger partial charge in [-0.15, -0.1) is 11.6 Å². The molecule has 0 aromatic carbocycles.